The summed E-state index contributed by atoms with van der Waals surface area (Å²) in [5.41, 5.74) is 2.17. The Labute approximate surface area is 200 Å². The largest absolute Gasteiger partial charge is 0.318 e. The smallest absolute Gasteiger partial charge is 0.119 e. The fourth-order valence-corrected chi connectivity index (χ4v) is 16.3. The highest BCUT2D eigenvalue weighted by Gasteiger charge is 2.57. The van der Waals surface area contributed by atoms with Gasteiger partial charge < -0.3 is 9.13 Å². The second-order valence-corrected chi connectivity index (χ2v) is 17.4. The third-order valence-electron chi connectivity index (χ3n) is 9.56. The van der Waals surface area contributed by atoms with Crippen LogP contribution in [0, 0.1) is 29.6 Å². The third-order valence-corrected chi connectivity index (χ3v) is 17.4. The number of allylic oxidation sites excluding steroid dienone is 1. The highest BCUT2D eigenvalue weighted by molar-refractivity contribution is 7.73. The zero-order valence-electron chi connectivity index (χ0n) is 20.3. The van der Waals surface area contributed by atoms with Crippen molar-refractivity contribution in [3.63, 3.8) is 0 Å². The van der Waals surface area contributed by atoms with E-state index in [9.17, 15) is 9.13 Å². The van der Waals surface area contributed by atoms with Gasteiger partial charge in [0.05, 0.1) is 0 Å². The Kier molecular flexibility index (Phi) is 6.16. The van der Waals surface area contributed by atoms with Crippen LogP contribution in [0.5, 0.6) is 0 Å². The molecule has 2 aromatic carbocycles. The van der Waals surface area contributed by atoms with E-state index in [-0.39, 0.29) is 0 Å². The monoisotopic (exact) mass is 480 g/mol. The van der Waals surface area contributed by atoms with Gasteiger partial charge in [-0.15, -0.1) is 0 Å². The second-order valence-electron chi connectivity index (χ2n) is 11.2. The molecule has 4 fully saturated rings. The van der Waals surface area contributed by atoms with E-state index in [4.69, 9.17) is 0 Å². The molecule has 2 aliphatic heterocycles. The van der Waals surface area contributed by atoms with Gasteiger partial charge in [0.15, 0.2) is 0 Å². The van der Waals surface area contributed by atoms with Crippen LogP contribution < -0.4 is 10.6 Å². The molecule has 176 valence electrons. The van der Waals surface area contributed by atoms with E-state index < -0.39 is 14.3 Å². The molecule has 0 aromatic heterocycles. The van der Waals surface area contributed by atoms with E-state index in [1.165, 1.54) is 18.4 Å². The van der Waals surface area contributed by atoms with Gasteiger partial charge in [-0.25, -0.2) is 0 Å². The molecule has 2 saturated heterocycles. The number of rotatable bonds is 3. The lowest BCUT2D eigenvalue weighted by Gasteiger charge is -2.29. The summed E-state index contributed by atoms with van der Waals surface area (Å²) in [5, 5.41) is 2.23. The summed E-state index contributed by atoms with van der Waals surface area (Å²) >= 11 is 0. The first-order valence-corrected chi connectivity index (χ1v) is 16.6. The van der Waals surface area contributed by atoms with Gasteiger partial charge in [-0.05, 0) is 55.8 Å². The van der Waals surface area contributed by atoms with Crippen LogP contribution in [0.2, 0.25) is 0 Å². The van der Waals surface area contributed by atoms with Gasteiger partial charge in [-0.2, -0.15) is 0 Å². The third kappa shape index (κ3) is 3.77. The summed E-state index contributed by atoms with van der Waals surface area (Å²) in [6.07, 6.45) is 5.47. The Balaban J connectivity index is 0.000000140. The van der Waals surface area contributed by atoms with Gasteiger partial charge >= 0.3 is 0 Å². The predicted octanol–water partition coefficient (Wildman–Crippen LogP) is 7.01. The van der Waals surface area contributed by atoms with Crippen LogP contribution in [0.25, 0.3) is 0 Å². The van der Waals surface area contributed by atoms with Crippen LogP contribution in [-0.2, 0) is 9.13 Å². The Hall–Kier alpha value is -1.36. The maximum atomic E-state index is 13.4. The molecule has 4 heteroatoms. The van der Waals surface area contributed by atoms with Crippen molar-refractivity contribution in [3.05, 3.63) is 72.8 Å². The Morgan fingerprint density at radius 3 is 1.73 bits per heavy atom. The molecule has 2 heterocycles. The lowest BCUT2D eigenvalue weighted by atomic mass is 9.88. The Morgan fingerprint density at radius 2 is 1.33 bits per heavy atom. The lowest BCUT2D eigenvalue weighted by Crippen LogP contribution is -2.22. The van der Waals surface area contributed by atoms with Crippen LogP contribution >= 0.6 is 14.3 Å². The fourth-order valence-electron chi connectivity index (χ4n) is 7.67. The lowest BCUT2D eigenvalue weighted by molar-refractivity contribution is 0.413. The van der Waals surface area contributed by atoms with E-state index in [1.54, 1.807) is 0 Å². The maximum Gasteiger partial charge on any atom is 0.119 e. The molecular weight excluding hydrogens is 442 g/mol. The molecule has 6 unspecified atom stereocenters. The minimum absolute atomic E-state index is 0.395. The van der Waals surface area contributed by atoms with Gasteiger partial charge in [0.1, 0.15) is 14.3 Å². The summed E-state index contributed by atoms with van der Waals surface area (Å²) in [5.74, 6) is 3.23. The van der Waals surface area contributed by atoms with Crippen LogP contribution in [-0.4, -0.2) is 23.6 Å². The van der Waals surface area contributed by atoms with Crippen LogP contribution in [0.4, 0.5) is 0 Å². The van der Waals surface area contributed by atoms with Crippen molar-refractivity contribution in [2.75, 3.05) is 12.3 Å². The van der Waals surface area contributed by atoms with Gasteiger partial charge in [0.25, 0.3) is 0 Å². The molecular formula is C29H38O2P2. The average Bonchev–Trinajstić information content (AvgIpc) is 3.50. The summed E-state index contributed by atoms with van der Waals surface area (Å²) in [7, 11) is -4.20. The SMILES string of the molecule is C=C(C)[C@H]1CC2C(C)[C@H]1CP2(=O)c1ccccc1.CC1C2CC[C@@H]1CP2(=O)c1ccccc1. The summed E-state index contributed by atoms with van der Waals surface area (Å²) in [6, 6.07) is 20.3. The van der Waals surface area contributed by atoms with E-state index in [0.717, 1.165) is 35.3 Å². The number of hydrogen-bond donors (Lipinski definition) is 0. The molecule has 0 N–H and O–H groups in total. The average molecular weight is 481 g/mol. The summed E-state index contributed by atoms with van der Waals surface area (Å²) in [6.45, 7) is 10.8. The van der Waals surface area contributed by atoms with Crippen molar-refractivity contribution < 1.29 is 9.13 Å². The fraction of sp³-hybridized carbons (Fsp3) is 0.517. The quantitative estimate of drug-likeness (QED) is 0.350. The number of fused-ring (bicyclic) bond motifs is 4. The molecule has 2 saturated carbocycles. The zero-order valence-corrected chi connectivity index (χ0v) is 22.1. The van der Waals surface area contributed by atoms with E-state index in [0.29, 0.717) is 35.0 Å². The molecule has 2 aromatic rings. The first-order chi connectivity index (χ1) is 15.8. The van der Waals surface area contributed by atoms with E-state index >= 15 is 0 Å². The molecule has 6 rings (SSSR count). The van der Waals surface area contributed by atoms with Gasteiger partial charge in [-0.1, -0.05) is 86.7 Å². The Morgan fingerprint density at radius 1 is 0.788 bits per heavy atom. The normalized spacial score (nSPS) is 42.7. The van der Waals surface area contributed by atoms with E-state index in [1.807, 2.05) is 36.4 Å². The first kappa shape index (κ1) is 23.4. The topological polar surface area (TPSA) is 34.1 Å². The van der Waals surface area contributed by atoms with Crippen molar-refractivity contribution in [1.82, 2.24) is 0 Å². The van der Waals surface area contributed by atoms with Crippen molar-refractivity contribution in [2.24, 2.45) is 29.6 Å². The Bertz CT molecular complexity index is 1110. The number of hydrogen-bond acceptors (Lipinski definition) is 2. The van der Waals surface area contributed by atoms with Crippen molar-refractivity contribution in [1.29, 1.82) is 0 Å². The molecule has 2 nitrogen and oxygen atoms in total. The molecule has 0 amide bonds. The first-order valence-electron chi connectivity index (χ1n) is 12.7. The zero-order chi connectivity index (χ0) is 23.4. The highest BCUT2D eigenvalue weighted by atomic mass is 31.2. The van der Waals surface area contributed by atoms with Gasteiger partial charge in [0.2, 0.25) is 0 Å². The van der Waals surface area contributed by atoms with Crippen molar-refractivity contribution >= 4 is 24.9 Å². The van der Waals surface area contributed by atoms with Gasteiger partial charge in [-0.3, -0.25) is 0 Å². The predicted molar refractivity (Wildman–Crippen MR) is 142 cm³/mol. The molecule has 2 aliphatic carbocycles. The van der Waals surface area contributed by atoms with Crippen LogP contribution in [0.15, 0.2) is 72.8 Å². The summed E-state index contributed by atoms with van der Waals surface area (Å²) < 4.78 is 26.4. The number of benzene rings is 2. The standard InChI is InChI=1S/C16H21OP.C13H17OP/c1-11(2)14-9-16-12(3)15(14)10-18(16,17)13-7-5-4-6-8-13;1-10-11-7-8-13(10)15(14,9-11)12-5-3-2-4-6-12/h4-8,12,14-16H,1,9-10H2,2-3H3;2-6,10-11,13H,7-9H2,1H3/t12?,14-,15-,16?,18?;10?,11-,13?,15?/m11/s1. The second kappa shape index (κ2) is 8.70. The maximum absolute atomic E-state index is 13.4. The molecule has 0 spiro atoms. The van der Waals surface area contributed by atoms with Crippen LogP contribution in [0.3, 0.4) is 0 Å². The molecule has 0 radical (unpaired) electrons. The minimum Gasteiger partial charge on any atom is -0.318 e. The summed E-state index contributed by atoms with van der Waals surface area (Å²) in [4.78, 5) is 0. The minimum atomic E-state index is -2.16. The molecule has 4 aliphatic rings. The van der Waals surface area contributed by atoms with Crippen LogP contribution in [0.1, 0.15) is 40.0 Å². The van der Waals surface area contributed by atoms with Crippen molar-refractivity contribution in [2.45, 2.75) is 51.4 Å². The molecule has 4 bridgehead atoms. The molecule has 9 atom stereocenters. The molecule has 33 heavy (non-hydrogen) atoms. The highest BCUT2D eigenvalue weighted by Crippen LogP contribution is 2.70. The van der Waals surface area contributed by atoms with Gasteiger partial charge in [0, 0.05) is 34.3 Å². The van der Waals surface area contributed by atoms with E-state index in [2.05, 4.69) is 51.6 Å². The van der Waals surface area contributed by atoms with Crippen molar-refractivity contribution in [3.8, 4) is 0 Å².